The van der Waals surface area contributed by atoms with Crippen molar-refractivity contribution in [2.24, 2.45) is 0 Å². The number of carbonyl (C=O) groups excluding carboxylic acids is 1. The first kappa shape index (κ1) is 11.5. The van der Waals surface area contributed by atoms with E-state index < -0.39 is 0 Å². The number of benzene rings is 1. The highest BCUT2D eigenvalue weighted by atomic mass is 16.1. The first-order valence-electron chi connectivity index (χ1n) is 6.11. The molecule has 0 N–H and O–H groups in total. The Labute approximate surface area is 111 Å². The average Bonchev–Trinajstić information content (AvgIpc) is 2.48. The van der Waals surface area contributed by atoms with E-state index >= 15 is 0 Å². The van der Waals surface area contributed by atoms with Crippen LogP contribution in [0.5, 0.6) is 0 Å². The maximum absolute atomic E-state index is 12.1. The van der Waals surface area contributed by atoms with Crippen LogP contribution in [-0.4, -0.2) is 15.8 Å². The summed E-state index contributed by atoms with van der Waals surface area (Å²) >= 11 is 0. The summed E-state index contributed by atoms with van der Waals surface area (Å²) in [7, 11) is 0. The first-order chi connectivity index (χ1) is 9.33. The van der Waals surface area contributed by atoms with Gasteiger partial charge in [-0.1, -0.05) is 18.2 Å². The number of rotatable bonds is 3. The Bertz CT molecular complexity index is 723. The number of fused-ring (bicyclic) bond motifs is 1. The minimum absolute atomic E-state index is 0.0313. The van der Waals surface area contributed by atoms with Gasteiger partial charge in [0.05, 0.1) is 5.52 Å². The molecule has 2 aromatic heterocycles. The highest BCUT2D eigenvalue weighted by Crippen LogP contribution is 2.14. The van der Waals surface area contributed by atoms with Crippen molar-refractivity contribution in [3.8, 4) is 0 Å². The molecule has 3 aromatic rings. The summed E-state index contributed by atoms with van der Waals surface area (Å²) in [6.45, 7) is 0. The predicted molar refractivity (Wildman–Crippen MR) is 74.0 cm³/mol. The van der Waals surface area contributed by atoms with Crippen LogP contribution in [0.2, 0.25) is 0 Å². The molecule has 2 heterocycles. The van der Waals surface area contributed by atoms with E-state index in [9.17, 15) is 4.79 Å². The lowest BCUT2D eigenvalue weighted by atomic mass is 10.0. The second-order valence-corrected chi connectivity index (χ2v) is 4.35. The van der Waals surface area contributed by atoms with E-state index in [1.54, 1.807) is 24.5 Å². The maximum atomic E-state index is 12.1. The molecule has 0 unspecified atom stereocenters. The molecule has 0 radical (unpaired) electrons. The predicted octanol–water partition coefficient (Wildman–Crippen LogP) is 3.06. The van der Waals surface area contributed by atoms with Crippen molar-refractivity contribution in [2.45, 2.75) is 6.42 Å². The molecule has 0 spiro atoms. The lowest BCUT2D eigenvalue weighted by Crippen LogP contribution is -2.05. The Morgan fingerprint density at radius 1 is 0.947 bits per heavy atom. The molecule has 0 aliphatic rings. The van der Waals surface area contributed by atoms with Crippen molar-refractivity contribution >= 4 is 16.7 Å². The van der Waals surface area contributed by atoms with Crippen molar-refractivity contribution < 1.29 is 4.79 Å². The van der Waals surface area contributed by atoms with E-state index in [0.717, 1.165) is 16.5 Å². The summed E-state index contributed by atoms with van der Waals surface area (Å²) in [6.07, 6.45) is 3.76. The topological polar surface area (TPSA) is 42.9 Å². The zero-order chi connectivity index (χ0) is 13.1. The van der Waals surface area contributed by atoms with E-state index in [1.165, 1.54) is 0 Å². The number of ketones is 1. The van der Waals surface area contributed by atoms with Crippen LogP contribution in [0.25, 0.3) is 10.9 Å². The molecule has 19 heavy (non-hydrogen) atoms. The van der Waals surface area contributed by atoms with Crippen LogP contribution in [0.15, 0.2) is 60.9 Å². The van der Waals surface area contributed by atoms with Gasteiger partial charge in [0.1, 0.15) is 5.69 Å². The van der Waals surface area contributed by atoms with Gasteiger partial charge in [0.25, 0.3) is 0 Å². The Morgan fingerprint density at radius 3 is 2.68 bits per heavy atom. The van der Waals surface area contributed by atoms with Gasteiger partial charge in [-0.15, -0.1) is 0 Å². The Balaban J connectivity index is 1.87. The van der Waals surface area contributed by atoms with Crippen LogP contribution in [0.3, 0.4) is 0 Å². The summed E-state index contributed by atoms with van der Waals surface area (Å²) in [5, 5.41) is 1.05. The molecule has 3 heteroatoms. The molecular weight excluding hydrogens is 236 g/mol. The van der Waals surface area contributed by atoms with E-state index in [2.05, 4.69) is 9.97 Å². The quantitative estimate of drug-likeness (QED) is 0.669. The van der Waals surface area contributed by atoms with Crippen molar-refractivity contribution in [1.29, 1.82) is 0 Å². The van der Waals surface area contributed by atoms with Crippen LogP contribution < -0.4 is 0 Å². The van der Waals surface area contributed by atoms with E-state index in [0.29, 0.717) is 12.1 Å². The standard InChI is InChI=1S/C16H12N2O/c19-16(15-5-1-2-8-18-15)11-12-6-7-14-13(10-12)4-3-9-17-14/h1-10H,11H2. The summed E-state index contributed by atoms with van der Waals surface area (Å²) in [5.41, 5.74) is 2.43. The molecular formula is C16H12N2O. The monoisotopic (exact) mass is 248 g/mol. The summed E-state index contributed by atoms with van der Waals surface area (Å²) in [5.74, 6) is 0.0313. The first-order valence-corrected chi connectivity index (χ1v) is 6.11. The zero-order valence-corrected chi connectivity index (χ0v) is 10.3. The van der Waals surface area contributed by atoms with Gasteiger partial charge in [0, 0.05) is 24.2 Å². The number of carbonyl (C=O) groups is 1. The number of hydrogen-bond donors (Lipinski definition) is 0. The van der Waals surface area contributed by atoms with Gasteiger partial charge in [-0.05, 0) is 35.9 Å². The maximum Gasteiger partial charge on any atom is 0.185 e. The van der Waals surface area contributed by atoms with Crippen molar-refractivity contribution in [3.05, 3.63) is 72.2 Å². The minimum Gasteiger partial charge on any atom is -0.292 e. The number of pyridine rings is 2. The smallest absolute Gasteiger partial charge is 0.185 e. The van der Waals surface area contributed by atoms with Gasteiger partial charge < -0.3 is 0 Å². The third-order valence-corrected chi connectivity index (χ3v) is 2.98. The number of aromatic nitrogens is 2. The molecule has 1 aromatic carbocycles. The second kappa shape index (κ2) is 4.98. The van der Waals surface area contributed by atoms with E-state index in [-0.39, 0.29) is 5.78 Å². The number of nitrogens with zero attached hydrogens (tertiary/aromatic N) is 2. The van der Waals surface area contributed by atoms with Crippen molar-refractivity contribution in [2.75, 3.05) is 0 Å². The molecule has 3 nitrogen and oxygen atoms in total. The highest BCUT2D eigenvalue weighted by molar-refractivity contribution is 5.96. The highest BCUT2D eigenvalue weighted by Gasteiger charge is 2.08. The summed E-state index contributed by atoms with van der Waals surface area (Å²) in [4.78, 5) is 20.4. The Morgan fingerprint density at radius 2 is 1.84 bits per heavy atom. The zero-order valence-electron chi connectivity index (χ0n) is 10.3. The molecule has 0 aliphatic carbocycles. The van der Waals surface area contributed by atoms with Gasteiger partial charge in [0.15, 0.2) is 5.78 Å². The van der Waals surface area contributed by atoms with Gasteiger partial charge in [-0.3, -0.25) is 14.8 Å². The number of hydrogen-bond acceptors (Lipinski definition) is 3. The van der Waals surface area contributed by atoms with Crippen LogP contribution in [0.1, 0.15) is 16.1 Å². The van der Waals surface area contributed by atoms with Crippen molar-refractivity contribution in [1.82, 2.24) is 9.97 Å². The van der Waals surface area contributed by atoms with Gasteiger partial charge in [0.2, 0.25) is 0 Å². The largest absolute Gasteiger partial charge is 0.292 e. The third kappa shape index (κ3) is 2.50. The minimum atomic E-state index is 0.0313. The molecule has 0 bridgehead atoms. The molecule has 0 aliphatic heterocycles. The lowest BCUT2D eigenvalue weighted by molar-refractivity contribution is 0.0988. The Kier molecular flexibility index (Phi) is 3.02. The molecule has 0 fully saturated rings. The molecule has 0 atom stereocenters. The number of Topliss-reactive ketones (excluding diaryl/α,β-unsaturated/α-hetero) is 1. The van der Waals surface area contributed by atoms with E-state index in [1.807, 2.05) is 36.4 Å². The summed E-state index contributed by atoms with van der Waals surface area (Å²) in [6, 6.07) is 15.1. The molecule has 92 valence electrons. The van der Waals surface area contributed by atoms with Crippen LogP contribution >= 0.6 is 0 Å². The third-order valence-electron chi connectivity index (χ3n) is 2.98. The van der Waals surface area contributed by atoms with Crippen molar-refractivity contribution in [3.63, 3.8) is 0 Å². The van der Waals surface area contributed by atoms with Gasteiger partial charge >= 0.3 is 0 Å². The van der Waals surface area contributed by atoms with E-state index in [4.69, 9.17) is 0 Å². The van der Waals surface area contributed by atoms with Crippen LogP contribution in [-0.2, 0) is 6.42 Å². The fourth-order valence-electron chi connectivity index (χ4n) is 2.04. The van der Waals surface area contributed by atoms with Gasteiger partial charge in [-0.2, -0.15) is 0 Å². The molecule has 3 rings (SSSR count). The fraction of sp³-hybridized carbons (Fsp3) is 0.0625. The SMILES string of the molecule is O=C(Cc1ccc2ncccc2c1)c1ccccn1. The molecule has 0 saturated carbocycles. The van der Waals surface area contributed by atoms with Crippen LogP contribution in [0, 0.1) is 0 Å². The normalized spacial score (nSPS) is 10.5. The molecule has 0 saturated heterocycles. The van der Waals surface area contributed by atoms with Crippen LogP contribution in [0.4, 0.5) is 0 Å². The molecule has 0 amide bonds. The summed E-state index contributed by atoms with van der Waals surface area (Å²) < 4.78 is 0. The Hall–Kier alpha value is -2.55. The average molecular weight is 248 g/mol. The van der Waals surface area contributed by atoms with Gasteiger partial charge in [-0.25, -0.2) is 0 Å². The second-order valence-electron chi connectivity index (χ2n) is 4.35. The lowest BCUT2D eigenvalue weighted by Gasteiger charge is -2.02. The fourth-order valence-corrected chi connectivity index (χ4v) is 2.04.